The topological polar surface area (TPSA) is 381 Å². The summed E-state index contributed by atoms with van der Waals surface area (Å²) in [6, 6.07) is 41.9. The van der Waals surface area contributed by atoms with Gasteiger partial charge in [-0.25, -0.2) is 0 Å². The van der Waals surface area contributed by atoms with E-state index in [4.69, 9.17) is 31.9 Å². The van der Waals surface area contributed by atoms with E-state index in [1.807, 2.05) is 48.5 Å². The first kappa shape index (κ1) is 72.9. The average molecular weight is 1230 g/mol. The molecule has 7 aromatic rings. The van der Waals surface area contributed by atoms with E-state index in [2.05, 4.69) is 0 Å². The van der Waals surface area contributed by atoms with E-state index in [1.54, 1.807) is 84.9 Å². The second-order valence-electron chi connectivity index (χ2n) is 16.0. The number of benzene rings is 7. The molecule has 0 atom stereocenters. The molecule has 78 heavy (non-hydrogen) atoms. The summed E-state index contributed by atoms with van der Waals surface area (Å²) in [7, 11) is -28.1. The van der Waals surface area contributed by atoms with Crippen LogP contribution in [0.2, 0.25) is 0 Å². The first-order chi connectivity index (χ1) is 35.0. The van der Waals surface area contributed by atoms with Crippen LogP contribution in [-0.4, -0.2) is 120 Å². The van der Waals surface area contributed by atoms with Gasteiger partial charge in [0.2, 0.25) is 0 Å². The molecule has 0 aromatic heterocycles. The first-order valence-electron chi connectivity index (χ1n) is 21.3. The third-order valence-electron chi connectivity index (χ3n) is 9.23. The first-order valence-corrected chi connectivity index (χ1v) is 31.4. The maximum absolute atomic E-state index is 10.5. The molecule has 0 saturated carbocycles. The summed E-state index contributed by atoms with van der Waals surface area (Å²) in [5.41, 5.74) is 6.69. The molecule has 0 aliphatic rings. The van der Waals surface area contributed by atoms with Crippen LogP contribution in [-0.2, 0) is 70.8 Å². The van der Waals surface area contributed by atoms with Crippen LogP contribution in [0.5, 0.6) is 0 Å². The summed E-state index contributed by atoms with van der Waals surface area (Å²) >= 11 is 0. The van der Waals surface area contributed by atoms with Gasteiger partial charge >= 0.3 is 29.6 Å². The van der Waals surface area contributed by atoms with Crippen LogP contribution in [0.1, 0.15) is 38.9 Å². The molecule has 0 spiro atoms. The van der Waals surface area contributed by atoms with Crippen LogP contribution in [0, 0.1) is 48.5 Å². The van der Waals surface area contributed by atoms with E-state index in [9.17, 15) is 58.9 Å². The average Bonchev–Trinajstić information content (AvgIpc) is 3.29. The molecule has 0 amide bonds. The number of hydrogen-bond acceptors (Lipinski definition) is 14. The Balaban J connectivity index is 0.000000885. The van der Waals surface area contributed by atoms with Crippen LogP contribution in [0.25, 0.3) is 0 Å². The molecule has 0 fully saturated rings. The zero-order chi connectivity index (χ0) is 59.4. The van der Waals surface area contributed by atoms with Crippen LogP contribution in [0.15, 0.2) is 204 Å². The monoisotopic (exact) mass is 1230 g/mol. The molecule has 29 heteroatoms. The van der Waals surface area contributed by atoms with E-state index in [0.717, 1.165) is 38.9 Å². The predicted octanol–water partition coefficient (Wildman–Crippen LogP) is 8.04. The number of hydrogen-bond donors (Lipinski definition) is 7. The zero-order valence-electron chi connectivity index (χ0n) is 41.9. The Labute approximate surface area is 478 Å². The van der Waals surface area contributed by atoms with Crippen LogP contribution in [0.3, 0.4) is 0 Å². The molecule has 0 aliphatic carbocycles. The van der Waals surface area contributed by atoms with Crippen molar-refractivity contribution in [2.75, 3.05) is 0 Å². The Morgan fingerprint density at radius 3 is 0.295 bits per heavy atom. The Hall–Kier alpha value is -5.09. The number of rotatable bonds is 7. The Morgan fingerprint density at radius 2 is 0.244 bits per heavy atom. The summed E-state index contributed by atoms with van der Waals surface area (Å²) in [5, 5.41) is 0. The van der Waals surface area contributed by atoms with Gasteiger partial charge in [-0.3, -0.25) is 31.9 Å². The Kier molecular flexibility index (Phi) is 29.6. The standard InChI is InChI=1S/7C7H8O3S.Na.H/c7*1-6-2-4-7(5-3-6)11(8,9)10;;/h7*2-5H,1H3,(H,8,9,10);;. The van der Waals surface area contributed by atoms with Gasteiger partial charge in [-0.15, -0.1) is 0 Å². The molecule has 0 unspecified atom stereocenters. The molecule has 0 aliphatic heterocycles. The van der Waals surface area contributed by atoms with Crippen molar-refractivity contribution in [1.29, 1.82) is 0 Å². The van der Waals surface area contributed by atoms with Crippen LogP contribution < -0.4 is 0 Å². The molecular formula is C49H57NaO21S7. The molecule has 422 valence electrons. The molecule has 7 rings (SSSR count). The van der Waals surface area contributed by atoms with Crippen molar-refractivity contribution >= 4 is 100 Å². The molecular weight excluding hydrogens is 1170 g/mol. The van der Waals surface area contributed by atoms with Gasteiger partial charge in [0.05, 0.1) is 34.3 Å². The van der Waals surface area contributed by atoms with Gasteiger partial charge in [0.15, 0.2) is 0 Å². The summed E-state index contributed by atoms with van der Waals surface area (Å²) < 4.78 is 207. The van der Waals surface area contributed by atoms with Gasteiger partial charge in [-0.2, -0.15) is 58.9 Å². The minimum absolute atomic E-state index is 0. The van der Waals surface area contributed by atoms with Crippen LogP contribution >= 0.6 is 0 Å². The quantitative estimate of drug-likeness (QED) is 0.0586. The molecule has 0 radical (unpaired) electrons. The summed E-state index contributed by atoms with van der Waals surface area (Å²) in [6.07, 6.45) is 0. The summed E-state index contributed by atoms with van der Waals surface area (Å²) in [4.78, 5) is -0.466. The molecule has 7 N–H and O–H groups in total. The normalized spacial score (nSPS) is 11.3. The van der Waals surface area contributed by atoms with Gasteiger partial charge in [0.1, 0.15) is 0 Å². The molecule has 0 heterocycles. The van der Waals surface area contributed by atoms with Crippen molar-refractivity contribution in [3.8, 4) is 0 Å². The molecule has 0 saturated heterocycles. The van der Waals surface area contributed by atoms with Gasteiger partial charge in [0, 0.05) is 0 Å². The molecule has 7 aromatic carbocycles. The van der Waals surface area contributed by atoms with Gasteiger partial charge in [0.25, 0.3) is 70.8 Å². The van der Waals surface area contributed by atoms with E-state index in [0.29, 0.717) is 0 Å². The van der Waals surface area contributed by atoms with E-state index in [1.165, 1.54) is 84.9 Å². The molecule has 0 bridgehead atoms. The van der Waals surface area contributed by atoms with Gasteiger partial charge < -0.3 is 0 Å². The van der Waals surface area contributed by atoms with Crippen molar-refractivity contribution in [3.05, 3.63) is 209 Å². The summed E-state index contributed by atoms with van der Waals surface area (Å²) in [6.45, 7) is 12.9. The molecule has 21 nitrogen and oxygen atoms in total. The van der Waals surface area contributed by atoms with Gasteiger partial charge in [-0.1, -0.05) is 124 Å². The zero-order valence-corrected chi connectivity index (χ0v) is 47.6. The second-order valence-corrected chi connectivity index (χ2v) is 26.0. The fourth-order valence-electron chi connectivity index (χ4n) is 4.97. The fourth-order valence-corrected chi connectivity index (χ4v) is 8.33. The van der Waals surface area contributed by atoms with Crippen molar-refractivity contribution < 1.29 is 90.8 Å². The van der Waals surface area contributed by atoms with Crippen molar-refractivity contribution in [1.82, 2.24) is 0 Å². The van der Waals surface area contributed by atoms with Gasteiger partial charge in [-0.05, 0) is 133 Å². The Morgan fingerprint density at radius 1 is 0.179 bits per heavy atom. The maximum atomic E-state index is 10.5. The van der Waals surface area contributed by atoms with E-state index in [-0.39, 0.29) is 63.8 Å². The summed E-state index contributed by atoms with van der Waals surface area (Å²) in [5.74, 6) is 0. The second kappa shape index (κ2) is 31.6. The predicted molar refractivity (Wildman–Crippen MR) is 294 cm³/mol. The third kappa shape index (κ3) is 30.3. The van der Waals surface area contributed by atoms with Crippen molar-refractivity contribution in [2.45, 2.75) is 82.7 Å². The Bertz CT molecular complexity index is 3090. The van der Waals surface area contributed by atoms with E-state index >= 15 is 0 Å². The van der Waals surface area contributed by atoms with Crippen molar-refractivity contribution in [2.24, 2.45) is 0 Å². The minimum atomic E-state index is -4.02. The number of aryl methyl sites for hydroxylation is 7. The SMILES string of the molecule is Cc1ccc(S(=O)(=O)O)cc1.Cc1ccc(S(=O)(=O)O)cc1.Cc1ccc(S(=O)(=O)O)cc1.Cc1ccc(S(=O)(=O)O)cc1.Cc1ccc(S(=O)(=O)O)cc1.Cc1ccc(S(=O)(=O)O)cc1.Cc1ccc(S(=O)(=O)O)cc1.[NaH]. The van der Waals surface area contributed by atoms with Crippen LogP contribution in [0.4, 0.5) is 0 Å². The van der Waals surface area contributed by atoms with Crippen molar-refractivity contribution in [3.63, 3.8) is 0 Å². The third-order valence-corrected chi connectivity index (χ3v) is 15.3. The fraction of sp³-hybridized carbons (Fsp3) is 0.143. The van der Waals surface area contributed by atoms with E-state index < -0.39 is 70.8 Å².